The standard InChI is InChI=1S/C11H20N4O2/c1-3-10-13-11(17-14-10)7-15-4-5-16-9(6-15)8(2)12/h8-9H,3-7,12H2,1-2H3. The predicted molar refractivity (Wildman–Crippen MR) is 62.3 cm³/mol. The summed E-state index contributed by atoms with van der Waals surface area (Å²) in [6.45, 7) is 7.07. The normalized spacial score (nSPS) is 23.8. The van der Waals surface area contributed by atoms with Crippen LogP contribution in [0.4, 0.5) is 0 Å². The van der Waals surface area contributed by atoms with Crippen LogP contribution >= 0.6 is 0 Å². The lowest BCUT2D eigenvalue weighted by Crippen LogP contribution is -2.49. The van der Waals surface area contributed by atoms with Crippen molar-refractivity contribution in [1.82, 2.24) is 15.0 Å². The first-order valence-corrected chi connectivity index (χ1v) is 6.10. The molecule has 2 rings (SSSR count). The van der Waals surface area contributed by atoms with Gasteiger partial charge in [0.25, 0.3) is 0 Å². The summed E-state index contributed by atoms with van der Waals surface area (Å²) >= 11 is 0. The minimum absolute atomic E-state index is 0.0479. The summed E-state index contributed by atoms with van der Waals surface area (Å²) in [6.07, 6.45) is 0.895. The van der Waals surface area contributed by atoms with Crippen molar-refractivity contribution < 1.29 is 9.26 Å². The van der Waals surface area contributed by atoms with Crippen LogP contribution in [0.1, 0.15) is 25.6 Å². The van der Waals surface area contributed by atoms with Crippen LogP contribution in [0.25, 0.3) is 0 Å². The first-order valence-electron chi connectivity index (χ1n) is 6.10. The summed E-state index contributed by atoms with van der Waals surface area (Å²) < 4.78 is 10.8. The molecule has 0 saturated carbocycles. The number of nitrogens with zero attached hydrogens (tertiary/aromatic N) is 3. The Morgan fingerprint density at radius 1 is 1.59 bits per heavy atom. The van der Waals surface area contributed by atoms with Gasteiger partial charge >= 0.3 is 0 Å². The molecule has 2 heterocycles. The van der Waals surface area contributed by atoms with Gasteiger partial charge in [-0.15, -0.1) is 0 Å². The first-order chi connectivity index (χ1) is 8.19. The van der Waals surface area contributed by atoms with Gasteiger partial charge in [-0.05, 0) is 6.92 Å². The number of morpholine rings is 1. The molecule has 0 bridgehead atoms. The van der Waals surface area contributed by atoms with E-state index in [9.17, 15) is 0 Å². The van der Waals surface area contributed by atoms with Crippen molar-refractivity contribution in [3.8, 4) is 0 Å². The third-order valence-corrected chi connectivity index (χ3v) is 2.95. The van der Waals surface area contributed by atoms with Crippen LogP contribution in [0.5, 0.6) is 0 Å². The van der Waals surface area contributed by atoms with Gasteiger partial charge < -0.3 is 15.0 Å². The molecule has 1 aromatic rings. The zero-order valence-corrected chi connectivity index (χ0v) is 10.4. The van der Waals surface area contributed by atoms with E-state index in [-0.39, 0.29) is 12.1 Å². The molecule has 2 unspecified atom stereocenters. The van der Waals surface area contributed by atoms with Crippen LogP contribution in [-0.2, 0) is 17.7 Å². The second kappa shape index (κ2) is 5.57. The molecule has 2 atom stereocenters. The topological polar surface area (TPSA) is 77.4 Å². The van der Waals surface area contributed by atoms with Crippen LogP contribution in [-0.4, -0.2) is 46.9 Å². The highest BCUT2D eigenvalue weighted by atomic mass is 16.5. The van der Waals surface area contributed by atoms with Crippen LogP contribution < -0.4 is 5.73 Å². The van der Waals surface area contributed by atoms with E-state index in [0.717, 1.165) is 25.3 Å². The quantitative estimate of drug-likeness (QED) is 0.809. The largest absolute Gasteiger partial charge is 0.374 e. The van der Waals surface area contributed by atoms with Crippen LogP contribution in [0, 0.1) is 0 Å². The molecule has 0 aliphatic carbocycles. The van der Waals surface area contributed by atoms with Crippen molar-refractivity contribution in [2.75, 3.05) is 19.7 Å². The van der Waals surface area contributed by atoms with Gasteiger partial charge in [0.15, 0.2) is 5.82 Å². The van der Waals surface area contributed by atoms with Gasteiger partial charge in [0.05, 0.1) is 19.3 Å². The number of ether oxygens (including phenoxy) is 1. The van der Waals surface area contributed by atoms with Crippen molar-refractivity contribution in [2.45, 2.75) is 39.0 Å². The SMILES string of the molecule is CCc1noc(CN2CCOC(C(C)N)C2)n1. The predicted octanol–water partition coefficient (Wildman–Crippen LogP) is 0.180. The lowest BCUT2D eigenvalue weighted by molar-refractivity contribution is -0.0427. The Balaban J connectivity index is 1.90. The van der Waals surface area contributed by atoms with E-state index in [1.54, 1.807) is 0 Å². The van der Waals surface area contributed by atoms with Gasteiger partial charge in [0.2, 0.25) is 5.89 Å². The molecule has 0 spiro atoms. The molecule has 1 fully saturated rings. The molecule has 1 aliphatic rings. The molecule has 96 valence electrons. The van der Waals surface area contributed by atoms with Gasteiger partial charge in [-0.2, -0.15) is 4.98 Å². The average molecular weight is 240 g/mol. The zero-order valence-electron chi connectivity index (χ0n) is 10.4. The Hall–Kier alpha value is -0.980. The Bertz CT molecular complexity index is 353. The van der Waals surface area contributed by atoms with E-state index >= 15 is 0 Å². The highest BCUT2D eigenvalue weighted by Crippen LogP contribution is 2.11. The van der Waals surface area contributed by atoms with Crippen molar-refractivity contribution in [3.05, 3.63) is 11.7 Å². The molecule has 2 N–H and O–H groups in total. The fourth-order valence-corrected chi connectivity index (χ4v) is 1.88. The zero-order chi connectivity index (χ0) is 12.3. The Kier molecular flexibility index (Phi) is 4.09. The van der Waals surface area contributed by atoms with Gasteiger partial charge in [-0.1, -0.05) is 12.1 Å². The van der Waals surface area contributed by atoms with Crippen LogP contribution in [0.3, 0.4) is 0 Å². The van der Waals surface area contributed by atoms with E-state index in [1.165, 1.54) is 0 Å². The van der Waals surface area contributed by atoms with Crippen LogP contribution in [0.2, 0.25) is 0 Å². The van der Waals surface area contributed by atoms with Crippen molar-refractivity contribution in [2.24, 2.45) is 5.73 Å². The lowest BCUT2D eigenvalue weighted by atomic mass is 10.1. The highest BCUT2D eigenvalue weighted by Gasteiger charge is 2.24. The smallest absolute Gasteiger partial charge is 0.240 e. The van der Waals surface area contributed by atoms with E-state index in [1.807, 2.05) is 13.8 Å². The van der Waals surface area contributed by atoms with Crippen molar-refractivity contribution in [1.29, 1.82) is 0 Å². The maximum absolute atomic E-state index is 5.85. The van der Waals surface area contributed by atoms with E-state index in [2.05, 4.69) is 15.0 Å². The van der Waals surface area contributed by atoms with Gasteiger partial charge in [-0.3, -0.25) is 4.90 Å². The monoisotopic (exact) mass is 240 g/mol. The summed E-state index contributed by atoms with van der Waals surface area (Å²) in [5.74, 6) is 1.43. The van der Waals surface area contributed by atoms with Gasteiger partial charge in [-0.25, -0.2) is 0 Å². The average Bonchev–Trinajstić information content (AvgIpc) is 2.77. The number of nitrogens with two attached hydrogens (primary N) is 1. The summed E-state index contributed by atoms with van der Waals surface area (Å²) in [6, 6.07) is 0.0479. The molecule has 1 aliphatic heterocycles. The number of hydrogen-bond donors (Lipinski definition) is 1. The molecule has 0 amide bonds. The molecular weight excluding hydrogens is 220 g/mol. The van der Waals surface area contributed by atoms with Crippen molar-refractivity contribution >= 4 is 0 Å². The van der Waals surface area contributed by atoms with E-state index in [4.69, 9.17) is 15.0 Å². The number of rotatable bonds is 4. The Labute approximate surface area is 101 Å². The molecule has 1 aromatic heterocycles. The summed E-state index contributed by atoms with van der Waals surface area (Å²) in [5, 5.41) is 3.89. The third kappa shape index (κ3) is 3.24. The summed E-state index contributed by atoms with van der Waals surface area (Å²) in [4.78, 5) is 6.54. The molecule has 6 heteroatoms. The minimum atomic E-state index is 0.0479. The maximum atomic E-state index is 5.85. The molecule has 0 radical (unpaired) electrons. The Morgan fingerprint density at radius 3 is 3.06 bits per heavy atom. The number of aryl methyl sites for hydroxylation is 1. The fourth-order valence-electron chi connectivity index (χ4n) is 1.88. The van der Waals surface area contributed by atoms with Gasteiger partial charge in [0.1, 0.15) is 0 Å². The summed E-state index contributed by atoms with van der Waals surface area (Å²) in [7, 11) is 0. The minimum Gasteiger partial charge on any atom is -0.374 e. The molecule has 1 saturated heterocycles. The van der Waals surface area contributed by atoms with E-state index < -0.39 is 0 Å². The third-order valence-electron chi connectivity index (χ3n) is 2.95. The van der Waals surface area contributed by atoms with Crippen molar-refractivity contribution in [3.63, 3.8) is 0 Å². The molecule has 0 aromatic carbocycles. The van der Waals surface area contributed by atoms with Crippen LogP contribution in [0.15, 0.2) is 4.52 Å². The maximum Gasteiger partial charge on any atom is 0.240 e. The molecule has 6 nitrogen and oxygen atoms in total. The number of aromatic nitrogens is 2. The lowest BCUT2D eigenvalue weighted by Gasteiger charge is -2.33. The first kappa shape index (κ1) is 12.5. The second-order valence-electron chi connectivity index (χ2n) is 4.46. The molecule has 17 heavy (non-hydrogen) atoms. The highest BCUT2D eigenvalue weighted by molar-refractivity contribution is 4.87. The van der Waals surface area contributed by atoms with E-state index in [0.29, 0.717) is 19.0 Å². The fraction of sp³-hybridized carbons (Fsp3) is 0.818. The summed E-state index contributed by atoms with van der Waals surface area (Å²) in [5.41, 5.74) is 5.85. The number of hydrogen-bond acceptors (Lipinski definition) is 6. The van der Waals surface area contributed by atoms with Gasteiger partial charge in [0, 0.05) is 25.6 Å². The second-order valence-corrected chi connectivity index (χ2v) is 4.46. The molecular formula is C11H20N4O2. The Morgan fingerprint density at radius 2 is 2.41 bits per heavy atom.